The summed E-state index contributed by atoms with van der Waals surface area (Å²) < 4.78 is 10.7. The number of pyridine rings is 1. The number of ether oxygens (including phenoxy) is 2. The molecular weight excluding hydrogens is 216 g/mol. The molecule has 1 aromatic heterocycles. The summed E-state index contributed by atoms with van der Waals surface area (Å²) in [5, 5.41) is 3.56. The topological polar surface area (TPSA) is 43.4 Å². The minimum atomic E-state index is 0.525. The van der Waals surface area contributed by atoms with Crippen LogP contribution in [0.25, 0.3) is 0 Å². The van der Waals surface area contributed by atoms with Crippen molar-refractivity contribution in [3.8, 4) is 5.75 Å². The highest BCUT2D eigenvalue weighted by atomic mass is 16.5. The van der Waals surface area contributed by atoms with E-state index in [4.69, 9.17) is 9.47 Å². The maximum Gasteiger partial charge on any atom is 0.137 e. The average Bonchev–Trinajstić information content (AvgIpc) is 2.96. The second kappa shape index (κ2) is 4.63. The van der Waals surface area contributed by atoms with Gasteiger partial charge in [0.2, 0.25) is 0 Å². The predicted octanol–water partition coefficient (Wildman–Crippen LogP) is 1.36. The Balaban J connectivity index is 1.47. The molecule has 2 aliphatic rings. The van der Waals surface area contributed by atoms with Gasteiger partial charge in [-0.1, -0.05) is 0 Å². The number of piperidine rings is 1. The smallest absolute Gasteiger partial charge is 0.137 e. The van der Waals surface area contributed by atoms with Gasteiger partial charge in [-0.2, -0.15) is 0 Å². The summed E-state index contributed by atoms with van der Waals surface area (Å²) in [6.07, 6.45) is 4.40. The third kappa shape index (κ3) is 2.58. The van der Waals surface area contributed by atoms with Gasteiger partial charge in [-0.15, -0.1) is 0 Å². The second-order valence-corrected chi connectivity index (χ2v) is 4.93. The van der Waals surface area contributed by atoms with Gasteiger partial charge >= 0.3 is 0 Å². The first-order valence-electron chi connectivity index (χ1n) is 6.18. The molecule has 0 bridgehead atoms. The van der Waals surface area contributed by atoms with E-state index in [2.05, 4.69) is 10.3 Å². The van der Waals surface area contributed by atoms with Crippen LogP contribution in [0, 0.1) is 5.92 Å². The van der Waals surface area contributed by atoms with Crippen LogP contribution < -0.4 is 10.1 Å². The number of rotatable bonds is 5. The molecule has 92 valence electrons. The van der Waals surface area contributed by atoms with E-state index in [-0.39, 0.29) is 0 Å². The third-order valence-electron chi connectivity index (χ3n) is 3.50. The van der Waals surface area contributed by atoms with E-state index in [1.54, 1.807) is 13.3 Å². The Morgan fingerprint density at radius 1 is 1.41 bits per heavy atom. The van der Waals surface area contributed by atoms with E-state index in [1.165, 1.54) is 12.8 Å². The van der Waals surface area contributed by atoms with Crippen molar-refractivity contribution in [3.05, 3.63) is 24.0 Å². The summed E-state index contributed by atoms with van der Waals surface area (Å²) in [5.41, 5.74) is 0.931. The molecule has 1 aromatic rings. The van der Waals surface area contributed by atoms with E-state index in [1.807, 2.05) is 12.1 Å². The van der Waals surface area contributed by atoms with E-state index in [9.17, 15) is 0 Å². The molecule has 0 radical (unpaired) electrons. The van der Waals surface area contributed by atoms with Crippen LogP contribution in [0.4, 0.5) is 0 Å². The van der Waals surface area contributed by atoms with Gasteiger partial charge in [0, 0.05) is 19.2 Å². The number of methoxy groups -OCH3 is 1. The maximum atomic E-state index is 5.73. The molecule has 3 unspecified atom stereocenters. The Bertz CT molecular complexity index is 370. The summed E-state index contributed by atoms with van der Waals surface area (Å²) in [7, 11) is 1.67. The van der Waals surface area contributed by atoms with Gasteiger partial charge in [0.05, 0.1) is 18.5 Å². The molecule has 0 spiro atoms. The van der Waals surface area contributed by atoms with Crippen LogP contribution in [0.5, 0.6) is 5.75 Å². The molecule has 4 heteroatoms. The van der Waals surface area contributed by atoms with E-state index in [0.717, 1.165) is 30.0 Å². The van der Waals surface area contributed by atoms with Crippen molar-refractivity contribution in [1.29, 1.82) is 0 Å². The van der Waals surface area contributed by atoms with Crippen LogP contribution in [-0.2, 0) is 11.3 Å². The molecule has 3 atom stereocenters. The van der Waals surface area contributed by atoms with Crippen molar-refractivity contribution in [1.82, 2.24) is 10.3 Å². The van der Waals surface area contributed by atoms with Crippen LogP contribution in [0.15, 0.2) is 18.3 Å². The fourth-order valence-corrected chi connectivity index (χ4v) is 2.49. The average molecular weight is 234 g/mol. The Morgan fingerprint density at radius 3 is 3.00 bits per heavy atom. The van der Waals surface area contributed by atoms with Gasteiger partial charge in [-0.3, -0.25) is 4.98 Å². The fourth-order valence-electron chi connectivity index (χ4n) is 2.49. The molecule has 1 N–H and O–H groups in total. The largest absolute Gasteiger partial charge is 0.490 e. The number of nitrogens with zero attached hydrogens (tertiary/aromatic N) is 1. The van der Waals surface area contributed by atoms with Crippen LogP contribution in [-0.4, -0.2) is 30.8 Å². The lowest BCUT2D eigenvalue weighted by Gasteiger charge is -2.14. The van der Waals surface area contributed by atoms with Crippen molar-refractivity contribution in [2.24, 2.45) is 5.92 Å². The molecule has 3 rings (SSSR count). The Kier molecular flexibility index (Phi) is 2.99. The maximum absolute atomic E-state index is 5.73. The molecule has 1 saturated carbocycles. The lowest BCUT2D eigenvalue weighted by Crippen LogP contribution is -2.31. The number of aromatic nitrogens is 1. The standard InChI is InChI=1S/C13H18N2O2/c1-16-7-10-2-3-12(6-14-10)17-8-11-4-9-5-13(9)15-11/h2-3,6,9,11,13,15H,4-5,7-8H2,1H3. The molecule has 2 fully saturated rings. The lowest BCUT2D eigenvalue weighted by molar-refractivity contribution is 0.181. The first-order valence-corrected chi connectivity index (χ1v) is 6.18. The predicted molar refractivity (Wildman–Crippen MR) is 63.9 cm³/mol. The Hall–Kier alpha value is -1.13. The minimum absolute atomic E-state index is 0.525. The Labute approximate surface area is 101 Å². The zero-order valence-corrected chi connectivity index (χ0v) is 10.1. The molecule has 4 nitrogen and oxygen atoms in total. The fraction of sp³-hybridized carbons (Fsp3) is 0.615. The summed E-state index contributed by atoms with van der Waals surface area (Å²) in [4.78, 5) is 4.27. The quantitative estimate of drug-likeness (QED) is 0.835. The summed E-state index contributed by atoms with van der Waals surface area (Å²) in [5.74, 6) is 1.76. The molecule has 1 aliphatic heterocycles. The van der Waals surface area contributed by atoms with Crippen molar-refractivity contribution in [2.45, 2.75) is 31.5 Å². The minimum Gasteiger partial charge on any atom is -0.490 e. The van der Waals surface area contributed by atoms with Gasteiger partial charge < -0.3 is 14.8 Å². The van der Waals surface area contributed by atoms with Crippen molar-refractivity contribution in [3.63, 3.8) is 0 Å². The number of nitrogens with one attached hydrogen (secondary N) is 1. The number of hydrogen-bond donors (Lipinski definition) is 1. The summed E-state index contributed by atoms with van der Waals surface area (Å²) in [6.45, 7) is 1.30. The van der Waals surface area contributed by atoms with Crippen molar-refractivity contribution in [2.75, 3.05) is 13.7 Å². The first-order chi connectivity index (χ1) is 8.35. The zero-order chi connectivity index (χ0) is 11.7. The monoisotopic (exact) mass is 234 g/mol. The molecule has 17 heavy (non-hydrogen) atoms. The first kappa shape index (κ1) is 11.0. The highest BCUT2D eigenvalue weighted by Gasteiger charge is 2.45. The lowest BCUT2D eigenvalue weighted by atomic mass is 10.2. The van der Waals surface area contributed by atoms with Crippen LogP contribution in [0.2, 0.25) is 0 Å². The van der Waals surface area contributed by atoms with E-state index >= 15 is 0 Å². The molecule has 1 saturated heterocycles. The van der Waals surface area contributed by atoms with Crippen LogP contribution in [0.3, 0.4) is 0 Å². The zero-order valence-electron chi connectivity index (χ0n) is 10.1. The molecule has 1 aliphatic carbocycles. The van der Waals surface area contributed by atoms with E-state index < -0.39 is 0 Å². The summed E-state index contributed by atoms with van der Waals surface area (Å²) >= 11 is 0. The van der Waals surface area contributed by atoms with Crippen LogP contribution >= 0.6 is 0 Å². The van der Waals surface area contributed by atoms with Gasteiger partial charge in [-0.05, 0) is 30.9 Å². The number of hydrogen-bond acceptors (Lipinski definition) is 4. The molecular formula is C13H18N2O2. The molecule has 0 amide bonds. The van der Waals surface area contributed by atoms with Crippen molar-refractivity contribution >= 4 is 0 Å². The van der Waals surface area contributed by atoms with Gasteiger partial charge in [-0.25, -0.2) is 0 Å². The highest BCUT2D eigenvalue weighted by Crippen LogP contribution is 2.40. The molecule has 0 aromatic carbocycles. The van der Waals surface area contributed by atoms with E-state index in [0.29, 0.717) is 12.6 Å². The normalized spacial score (nSPS) is 30.1. The number of fused-ring (bicyclic) bond motifs is 1. The molecule has 2 heterocycles. The highest BCUT2D eigenvalue weighted by molar-refractivity contribution is 5.19. The second-order valence-electron chi connectivity index (χ2n) is 4.93. The van der Waals surface area contributed by atoms with Crippen molar-refractivity contribution < 1.29 is 9.47 Å². The van der Waals surface area contributed by atoms with Gasteiger partial charge in [0.1, 0.15) is 12.4 Å². The SMILES string of the molecule is COCc1ccc(OCC2CC3CC3N2)cn1. The summed E-state index contributed by atoms with van der Waals surface area (Å²) in [6, 6.07) is 5.21. The van der Waals surface area contributed by atoms with Gasteiger partial charge in [0.15, 0.2) is 0 Å². The Morgan fingerprint density at radius 2 is 2.35 bits per heavy atom. The van der Waals surface area contributed by atoms with Crippen LogP contribution in [0.1, 0.15) is 18.5 Å². The van der Waals surface area contributed by atoms with Gasteiger partial charge in [0.25, 0.3) is 0 Å². The third-order valence-corrected chi connectivity index (χ3v) is 3.50.